The molecule has 20 heavy (non-hydrogen) atoms. The van der Waals surface area contributed by atoms with Crippen LogP contribution in [0.4, 0.5) is 24.9 Å². The summed E-state index contributed by atoms with van der Waals surface area (Å²) < 4.78 is 38.2. The van der Waals surface area contributed by atoms with Crippen LogP contribution in [0.1, 0.15) is 26.0 Å². The largest absolute Gasteiger partial charge is 0.433 e. The fourth-order valence-electron chi connectivity index (χ4n) is 1.34. The summed E-state index contributed by atoms with van der Waals surface area (Å²) in [6.45, 7) is 4.44. The number of rotatable bonds is 7. The lowest BCUT2D eigenvalue weighted by molar-refractivity contribution is -0.141. The molecule has 8 heteroatoms. The molecule has 1 atom stereocenters. The molecule has 0 radical (unpaired) electrons. The van der Waals surface area contributed by atoms with E-state index in [1.54, 1.807) is 6.92 Å². The highest BCUT2D eigenvalue weighted by molar-refractivity contribution is 5.43. The molecule has 0 aliphatic carbocycles. The summed E-state index contributed by atoms with van der Waals surface area (Å²) >= 11 is 0. The van der Waals surface area contributed by atoms with Gasteiger partial charge in [0.05, 0.1) is 0 Å². The first kappa shape index (κ1) is 16.5. The lowest BCUT2D eigenvalue weighted by Crippen LogP contribution is -2.18. The van der Waals surface area contributed by atoms with Gasteiger partial charge in [-0.2, -0.15) is 18.2 Å². The second-order valence-corrected chi connectivity index (χ2v) is 4.56. The average molecular weight is 292 g/mol. The summed E-state index contributed by atoms with van der Waals surface area (Å²) in [5, 5.41) is 14.4. The lowest BCUT2D eigenvalue weighted by Gasteiger charge is -2.14. The summed E-state index contributed by atoms with van der Waals surface area (Å²) in [7, 11) is 0. The van der Waals surface area contributed by atoms with Crippen molar-refractivity contribution in [3.05, 3.63) is 11.8 Å². The van der Waals surface area contributed by atoms with E-state index in [4.69, 9.17) is 5.11 Å². The van der Waals surface area contributed by atoms with Gasteiger partial charge < -0.3 is 15.7 Å². The van der Waals surface area contributed by atoms with Crippen molar-refractivity contribution in [1.29, 1.82) is 0 Å². The Balaban J connectivity index is 2.91. The Morgan fingerprint density at radius 1 is 1.30 bits per heavy atom. The van der Waals surface area contributed by atoms with E-state index >= 15 is 0 Å². The zero-order chi connectivity index (χ0) is 15.2. The van der Waals surface area contributed by atoms with Crippen molar-refractivity contribution in [2.24, 2.45) is 5.92 Å². The number of hydrogen-bond donors (Lipinski definition) is 3. The summed E-state index contributed by atoms with van der Waals surface area (Å²) in [6.07, 6.45) is -3.77. The Labute approximate surface area is 115 Å². The zero-order valence-electron chi connectivity index (χ0n) is 11.5. The van der Waals surface area contributed by atoms with Gasteiger partial charge in [-0.1, -0.05) is 13.8 Å². The third-order valence-electron chi connectivity index (χ3n) is 2.49. The second kappa shape index (κ2) is 7.28. The molecule has 5 nitrogen and oxygen atoms in total. The van der Waals surface area contributed by atoms with Crippen molar-refractivity contribution < 1.29 is 18.3 Å². The molecular weight excluding hydrogens is 273 g/mol. The molecule has 0 saturated carbocycles. The van der Waals surface area contributed by atoms with Crippen LogP contribution in [0, 0.1) is 5.92 Å². The maximum Gasteiger partial charge on any atom is 0.433 e. The summed E-state index contributed by atoms with van der Waals surface area (Å²) in [5.41, 5.74) is -0.995. The zero-order valence-corrected chi connectivity index (χ0v) is 11.5. The van der Waals surface area contributed by atoms with Gasteiger partial charge in [-0.05, 0) is 12.3 Å². The fraction of sp³-hybridized carbons (Fsp3) is 0.667. The molecule has 114 valence electrons. The smallest absolute Gasteiger partial charge is 0.396 e. The van der Waals surface area contributed by atoms with Crippen LogP contribution >= 0.6 is 0 Å². The molecule has 0 fully saturated rings. The highest BCUT2D eigenvalue weighted by Crippen LogP contribution is 2.29. The Morgan fingerprint density at radius 3 is 2.55 bits per heavy atom. The molecule has 1 unspecified atom stereocenters. The highest BCUT2D eigenvalue weighted by Gasteiger charge is 2.33. The number of nitrogens with zero attached hydrogens (tertiary/aromatic N) is 2. The molecule has 0 saturated heterocycles. The normalized spacial score (nSPS) is 13.1. The minimum Gasteiger partial charge on any atom is -0.396 e. The molecule has 1 aromatic rings. The van der Waals surface area contributed by atoms with Gasteiger partial charge in [0.25, 0.3) is 0 Å². The number of aliphatic hydroxyl groups excluding tert-OH is 1. The number of aliphatic hydroxyl groups is 1. The summed E-state index contributed by atoms with van der Waals surface area (Å²) in [6, 6.07) is 0.862. The van der Waals surface area contributed by atoms with Gasteiger partial charge >= 0.3 is 6.18 Å². The third-order valence-corrected chi connectivity index (χ3v) is 2.49. The predicted molar refractivity (Wildman–Crippen MR) is 70.6 cm³/mol. The van der Waals surface area contributed by atoms with E-state index in [9.17, 15) is 13.2 Å². The SMILES string of the molecule is CCCNc1nc(NCC(C)CO)cc(C(F)(F)F)n1. The van der Waals surface area contributed by atoms with E-state index in [0.29, 0.717) is 13.1 Å². The average Bonchev–Trinajstić information content (AvgIpc) is 2.41. The maximum atomic E-state index is 12.7. The van der Waals surface area contributed by atoms with Gasteiger partial charge in [0.1, 0.15) is 5.82 Å². The van der Waals surface area contributed by atoms with Crippen molar-refractivity contribution >= 4 is 11.8 Å². The Morgan fingerprint density at radius 2 is 2.00 bits per heavy atom. The van der Waals surface area contributed by atoms with Crippen LogP contribution in [0.2, 0.25) is 0 Å². The number of anilines is 2. The quantitative estimate of drug-likeness (QED) is 0.719. The first-order chi connectivity index (χ1) is 9.36. The number of halogens is 3. The van der Waals surface area contributed by atoms with E-state index in [2.05, 4.69) is 20.6 Å². The molecule has 1 heterocycles. The van der Waals surface area contributed by atoms with Gasteiger partial charge in [0.15, 0.2) is 5.69 Å². The van der Waals surface area contributed by atoms with Gasteiger partial charge in [-0.3, -0.25) is 0 Å². The van der Waals surface area contributed by atoms with Crippen LogP contribution in [0.5, 0.6) is 0 Å². The van der Waals surface area contributed by atoms with E-state index in [1.807, 2.05) is 6.92 Å². The molecule has 1 rings (SSSR count). The first-order valence-corrected chi connectivity index (χ1v) is 6.41. The number of nitrogens with one attached hydrogen (secondary N) is 2. The minimum absolute atomic E-state index is 0.0504. The lowest BCUT2D eigenvalue weighted by atomic mass is 10.2. The molecule has 0 spiro atoms. The minimum atomic E-state index is -4.52. The summed E-state index contributed by atoms with van der Waals surface area (Å²) in [4.78, 5) is 7.43. The van der Waals surface area contributed by atoms with E-state index in [-0.39, 0.29) is 24.3 Å². The molecule has 0 amide bonds. The highest BCUT2D eigenvalue weighted by atomic mass is 19.4. The van der Waals surface area contributed by atoms with Gasteiger partial charge in [-0.25, -0.2) is 4.98 Å². The second-order valence-electron chi connectivity index (χ2n) is 4.56. The molecule has 0 aliphatic heterocycles. The monoisotopic (exact) mass is 292 g/mol. The van der Waals surface area contributed by atoms with E-state index in [1.165, 1.54) is 0 Å². The third kappa shape index (κ3) is 5.20. The van der Waals surface area contributed by atoms with Gasteiger partial charge in [-0.15, -0.1) is 0 Å². The van der Waals surface area contributed by atoms with Crippen molar-refractivity contribution in [2.75, 3.05) is 30.3 Å². The molecular formula is C12H19F3N4O. The van der Waals surface area contributed by atoms with E-state index < -0.39 is 11.9 Å². The summed E-state index contributed by atoms with van der Waals surface area (Å²) in [5.74, 6) is -0.0431. The number of aromatic nitrogens is 2. The van der Waals surface area contributed by atoms with Gasteiger partial charge in [0, 0.05) is 25.8 Å². The molecule has 3 N–H and O–H groups in total. The van der Waals surface area contributed by atoms with Crippen LogP contribution in [-0.4, -0.2) is 34.8 Å². The maximum absolute atomic E-state index is 12.7. The topological polar surface area (TPSA) is 70.1 Å². The molecule has 0 bridgehead atoms. The van der Waals surface area contributed by atoms with Gasteiger partial charge in [0.2, 0.25) is 5.95 Å². The Kier molecular flexibility index (Phi) is 6.00. The molecule has 0 aliphatic rings. The first-order valence-electron chi connectivity index (χ1n) is 6.41. The number of alkyl halides is 3. The van der Waals surface area contributed by atoms with E-state index in [0.717, 1.165) is 12.5 Å². The molecule has 0 aromatic carbocycles. The van der Waals surface area contributed by atoms with Crippen LogP contribution in [0.15, 0.2) is 6.07 Å². The van der Waals surface area contributed by atoms with Crippen molar-refractivity contribution in [3.8, 4) is 0 Å². The Bertz CT molecular complexity index is 426. The van der Waals surface area contributed by atoms with Crippen LogP contribution in [0.25, 0.3) is 0 Å². The molecule has 1 aromatic heterocycles. The standard InChI is InChI=1S/C12H19F3N4O/c1-3-4-16-11-18-9(12(13,14)15)5-10(19-11)17-6-8(2)7-20/h5,8,20H,3-4,6-7H2,1-2H3,(H2,16,17,18,19). The van der Waals surface area contributed by atoms with Crippen molar-refractivity contribution in [1.82, 2.24) is 9.97 Å². The van der Waals surface area contributed by atoms with Crippen LogP contribution < -0.4 is 10.6 Å². The predicted octanol–water partition coefficient (Wildman–Crippen LogP) is 2.36. The number of hydrogen-bond acceptors (Lipinski definition) is 5. The van der Waals surface area contributed by atoms with Crippen LogP contribution in [-0.2, 0) is 6.18 Å². The Hall–Kier alpha value is -1.57. The van der Waals surface area contributed by atoms with Crippen molar-refractivity contribution in [3.63, 3.8) is 0 Å². The fourth-order valence-corrected chi connectivity index (χ4v) is 1.34. The van der Waals surface area contributed by atoms with Crippen molar-refractivity contribution in [2.45, 2.75) is 26.4 Å². The van der Waals surface area contributed by atoms with Crippen LogP contribution in [0.3, 0.4) is 0 Å².